The number of rotatable bonds is 5. The molecule has 13 heteroatoms. The van der Waals surface area contributed by atoms with E-state index in [1.807, 2.05) is 0 Å². The smallest absolute Gasteiger partial charge is 0.435 e. The number of halogens is 6. The van der Waals surface area contributed by atoms with E-state index in [1.54, 1.807) is 22.6 Å². The van der Waals surface area contributed by atoms with E-state index in [9.17, 15) is 26.5 Å². The number of aryl methyl sites for hydroxylation is 1. The maximum Gasteiger partial charge on any atom is 0.435 e. The Balaban J connectivity index is 2.41. The summed E-state index contributed by atoms with van der Waals surface area (Å²) in [5.41, 5.74) is -2.21. The van der Waals surface area contributed by atoms with Crippen molar-refractivity contribution in [2.75, 3.05) is 0 Å². The minimum Gasteiger partial charge on any atom is -0.607 e. The highest BCUT2D eigenvalue weighted by Crippen LogP contribution is 2.37. The van der Waals surface area contributed by atoms with Gasteiger partial charge in [0.2, 0.25) is 5.88 Å². The summed E-state index contributed by atoms with van der Waals surface area (Å²) in [4.78, 5) is 3.63. The molecule has 6 nitrogen and oxygen atoms in total. The molecule has 0 fully saturated rings. The van der Waals surface area contributed by atoms with E-state index in [-0.39, 0.29) is 8.99 Å². The lowest BCUT2D eigenvalue weighted by atomic mass is 10.2. The molecular formula is C10H7F5IN3O3S. The molecule has 2 aromatic rings. The second-order valence-corrected chi connectivity index (χ2v) is 6.44. The van der Waals surface area contributed by atoms with Crippen molar-refractivity contribution in [1.29, 1.82) is 0 Å². The number of hydrogen-bond acceptors (Lipinski definition) is 5. The summed E-state index contributed by atoms with van der Waals surface area (Å²) in [6.45, 7) is -3.36. The molecule has 0 N–H and O–H groups in total. The van der Waals surface area contributed by atoms with Crippen molar-refractivity contribution < 1.29 is 35.7 Å². The predicted octanol–water partition coefficient (Wildman–Crippen LogP) is 2.94. The minimum absolute atomic E-state index is 0.275. The number of ether oxygens (including phenoxy) is 1. The monoisotopic (exact) mass is 471 g/mol. The van der Waals surface area contributed by atoms with Crippen LogP contribution in [-0.2, 0) is 30.2 Å². The summed E-state index contributed by atoms with van der Waals surface area (Å²) < 4.78 is 85.6. The van der Waals surface area contributed by atoms with Gasteiger partial charge in [0.25, 0.3) is 0 Å². The van der Waals surface area contributed by atoms with Crippen LogP contribution < -0.4 is 4.74 Å². The second-order valence-electron chi connectivity index (χ2n) is 4.05. The van der Waals surface area contributed by atoms with Crippen LogP contribution in [0.25, 0.3) is 0 Å². The number of aromatic nitrogens is 3. The van der Waals surface area contributed by atoms with Crippen molar-refractivity contribution >= 4 is 33.8 Å². The highest BCUT2D eigenvalue weighted by molar-refractivity contribution is 14.1. The van der Waals surface area contributed by atoms with Crippen molar-refractivity contribution in [3.05, 3.63) is 21.2 Å². The molecule has 0 amide bonds. The molecule has 0 aliphatic rings. The van der Waals surface area contributed by atoms with Gasteiger partial charge in [0.15, 0.2) is 9.46 Å². The van der Waals surface area contributed by atoms with Crippen LogP contribution >= 0.6 is 22.6 Å². The maximum absolute atomic E-state index is 13.0. The van der Waals surface area contributed by atoms with Crippen LogP contribution in [0.15, 0.2) is 15.8 Å². The summed E-state index contributed by atoms with van der Waals surface area (Å²) in [6, 6.07) is 0. The molecule has 0 saturated heterocycles. The average molecular weight is 471 g/mol. The molecular weight excluding hydrogens is 464 g/mol. The largest absolute Gasteiger partial charge is 0.607 e. The molecule has 2 heterocycles. The molecule has 1 atom stereocenters. The van der Waals surface area contributed by atoms with Crippen LogP contribution in [-0.4, -0.2) is 25.9 Å². The molecule has 0 aliphatic heterocycles. The van der Waals surface area contributed by atoms with Gasteiger partial charge in [-0.1, -0.05) is 0 Å². The fourth-order valence-electron chi connectivity index (χ4n) is 1.68. The van der Waals surface area contributed by atoms with Gasteiger partial charge >= 0.3 is 18.0 Å². The van der Waals surface area contributed by atoms with E-state index < -0.39 is 46.9 Å². The van der Waals surface area contributed by atoms with Gasteiger partial charge in [0, 0.05) is 29.6 Å². The SMILES string of the molecule is Cn1nc(C(F)(F)F)c(C[S+]([O-])c2ncc(I)o2)c1OC(F)F. The van der Waals surface area contributed by atoms with Crippen molar-refractivity contribution in [2.24, 2.45) is 7.05 Å². The zero-order valence-electron chi connectivity index (χ0n) is 11.1. The standard InChI is InChI=1S/C10H7F5IN3O3S/c1-19-7(22-8(11)12)4(6(18-19)10(13,14)15)3-23(20)9-17-2-5(16)21-9/h2,8H,3H2,1H3. The maximum atomic E-state index is 13.0. The first-order valence-electron chi connectivity index (χ1n) is 5.67. The number of oxazole rings is 1. The molecule has 0 bridgehead atoms. The summed E-state index contributed by atoms with van der Waals surface area (Å²) in [5.74, 6) is -1.61. The fourth-order valence-corrected chi connectivity index (χ4v) is 3.18. The van der Waals surface area contributed by atoms with Crippen molar-refractivity contribution in [3.63, 3.8) is 0 Å². The van der Waals surface area contributed by atoms with Gasteiger partial charge in [-0.2, -0.15) is 32.0 Å². The second kappa shape index (κ2) is 6.80. The summed E-state index contributed by atoms with van der Waals surface area (Å²) in [5, 5.41) is 2.81. The van der Waals surface area contributed by atoms with E-state index in [4.69, 9.17) is 4.42 Å². The van der Waals surface area contributed by atoms with Gasteiger partial charge in [-0.3, -0.25) is 0 Å². The Kier molecular flexibility index (Phi) is 5.40. The lowest BCUT2D eigenvalue weighted by molar-refractivity contribution is -0.142. The van der Waals surface area contributed by atoms with Crippen LogP contribution in [0.3, 0.4) is 0 Å². The Morgan fingerprint density at radius 3 is 2.61 bits per heavy atom. The van der Waals surface area contributed by atoms with Crippen LogP contribution in [0.2, 0.25) is 0 Å². The number of nitrogens with zero attached hydrogens (tertiary/aromatic N) is 3. The average Bonchev–Trinajstić information content (AvgIpc) is 2.96. The highest BCUT2D eigenvalue weighted by atomic mass is 127. The van der Waals surface area contributed by atoms with Crippen molar-refractivity contribution in [3.8, 4) is 5.88 Å². The summed E-state index contributed by atoms with van der Waals surface area (Å²) >= 11 is -0.404. The highest BCUT2D eigenvalue weighted by Gasteiger charge is 2.42. The third-order valence-corrected chi connectivity index (χ3v) is 4.11. The molecule has 0 saturated carbocycles. The van der Waals surface area contributed by atoms with Crippen LogP contribution in [0, 0.1) is 3.77 Å². The van der Waals surface area contributed by atoms with Gasteiger partial charge in [0.1, 0.15) is 5.75 Å². The van der Waals surface area contributed by atoms with Gasteiger partial charge in [0.05, 0.1) is 22.9 Å². The summed E-state index contributed by atoms with van der Waals surface area (Å²) in [6.07, 6.45) is -3.70. The lowest BCUT2D eigenvalue weighted by Crippen LogP contribution is -2.14. The molecule has 0 spiro atoms. The Morgan fingerprint density at radius 1 is 1.48 bits per heavy atom. The predicted molar refractivity (Wildman–Crippen MR) is 74.2 cm³/mol. The van der Waals surface area contributed by atoms with Gasteiger partial charge in [-0.05, 0) is 0 Å². The van der Waals surface area contributed by atoms with E-state index in [2.05, 4.69) is 14.8 Å². The Hall–Kier alpha value is -1.09. The quantitative estimate of drug-likeness (QED) is 0.381. The van der Waals surface area contributed by atoms with Crippen LogP contribution in [0.5, 0.6) is 5.88 Å². The van der Waals surface area contributed by atoms with Crippen LogP contribution in [0.4, 0.5) is 22.0 Å². The van der Waals surface area contributed by atoms with Gasteiger partial charge < -0.3 is 13.7 Å². The van der Waals surface area contributed by atoms with E-state index >= 15 is 0 Å². The molecule has 0 aromatic carbocycles. The molecule has 2 rings (SSSR count). The summed E-state index contributed by atoms with van der Waals surface area (Å²) in [7, 11) is 1.01. The van der Waals surface area contributed by atoms with Crippen molar-refractivity contribution in [2.45, 2.75) is 23.8 Å². The minimum atomic E-state index is -4.92. The zero-order chi connectivity index (χ0) is 17.4. The first-order chi connectivity index (χ1) is 10.6. The first-order valence-corrected chi connectivity index (χ1v) is 8.07. The van der Waals surface area contributed by atoms with E-state index in [1.165, 1.54) is 6.20 Å². The lowest BCUT2D eigenvalue weighted by Gasteiger charge is -2.10. The molecule has 2 aromatic heterocycles. The topological polar surface area (TPSA) is 76.1 Å². The molecule has 0 radical (unpaired) electrons. The normalized spacial score (nSPS) is 13.6. The number of alkyl halides is 5. The molecule has 0 aliphatic carbocycles. The van der Waals surface area contributed by atoms with Crippen LogP contribution in [0.1, 0.15) is 11.3 Å². The van der Waals surface area contributed by atoms with E-state index in [0.29, 0.717) is 4.68 Å². The molecule has 128 valence electrons. The Labute approximate surface area is 142 Å². The molecule has 23 heavy (non-hydrogen) atoms. The Bertz CT molecular complexity index is 690. The third kappa shape index (κ3) is 4.26. The van der Waals surface area contributed by atoms with Crippen molar-refractivity contribution in [1.82, 2.24) is 14.8 Å². The van der Waals surface area contributed by atoms with Gasteiger partial charge in [-0.25, -0.2) is 4.68 Å². The Morgan fingerprint density at radius 2 is 2.13 bits per heavy atom. The fraction of sp³-hybridized carbons (Fsp3) is 0.400. The van der Waals surface area contributed by atoms with E-state index in [0.717, 1.165) is 7.05 Å². The molecule has 1 unspecified atom stereocenters. The first kappa shape index (κ1) is 18.3. The number of hydrogen-bond donors (Lipinski definition) is 0. The third-order valence-electron chi connectivity index (χ3n) is 2.48. The zero-order valence-corrected chi connectivity index (χ0v) is 14.1. The van der Waals surface area contributed by atoms with Gasteiger partial charge in [-0.15, -0.1) is 0 Å².